The molecule has 1 aromatic rings. The molecule has 28 heavy (non-hydrogen) atoms. The summed E-state index contributed by atoms with van der Waals surface area (Å²) in [7, 11) is 4.14. The molecule has 0 radical (unpaired) electrons. The summed E-state index contributed by atoms with van der Waals surface area (Å²) in [5.74, 6) is 2.41. The lowest BCUT2D eigenvalue weighted by Crippen LogP contribution is -2.55. The second-order valence-corrected chi connectivity index (χ2v) is 9.04. The number of amides is 1. The van der Waals surface area contributed by atoms with Gasteiger partial charge in [0.2, 0.25) is 5.91 Å². The first-order chi connectivity index (χ1) is 13.6. The minimum absolute atomic E-state index is 0.193. The van der Waals surface area contributed by atoms with Crippen LogP contribution in [-0.4, -0.2) is 85.6 Å². The minimum Gasteiger partial charge on any atom is -0.354 e. The maximum absolute atomic E-state index is 12.5. The molecule has 4 heterocycles. The van der Waals surface area contributed by atoms with E-state index >= 15 is 0 Å². The van der Waals surface area contributed by atoms with Gasteiger partial charge in [-0.3, -0.25) is 4.79 Å². The summed E-state index contributed by atoms with van der Waals surface area (Å²) in [5.41, 5.74) is 0.193. The van der Waals surface area contributed by atoms with Crippen LogP contribution in [0.2, 0.25) is 0 Å². The van der Waals surface area contributed by atoms with Crippen LogP contribution in [0.5, 0.6) is 0 Å². The Morgan fingerprint density at radius 2 is 1.64 bits per heavy atom. The van der Waals surface area contributed by atoms with Crippen molar-refractivity contribution >= 4 is 17.5 Å². The van der Waals surface area contributed by atoms with Crippen LogP contribution < -0.4 is 9.80 Å². The normalized spacial score (nSPS) is 26.0. The fraction of sp³-hybridized carbons (Fsp3) is 0.762. The molecule has 1 atom stereocenters. The molecule has 7 heteroatoms. The van der Waals surface area contributed by atoms with Crippen molar-refractivity contribution < 1.29 is 4.79 Å². The Kier molecular flexibility index (Phi) is 5.71. The Morgan fingerprint density at radius 1 is 0.964 bits per heavy atom. The van der Waals surface area contributed by atoms with Crippen LogP contribution >= 0.6 is 0 Å². The molecule has 154 valence electrons. The van der Waals surface area contributed by atoms with Crippen molar-refractivity contribution in [1.29, 1.82) is 0 Å². The summed E-state index contributed by atoms with van der Waals surface area (Å²) in [5, 5.41) is 0. The molecule has 1 aromatic heterocycles. The number of carbonyl (C=O) groups is 1. The maximum atomic E-state index is 12.5. The molecule has 0 aliphatic carbocycles. The number of carbonyl (C=O) groups excluding carboxylic acids is 1. The average molecular weight is 387 g/mol. The number of nitrogens with zero attached hydrogens (tertiary/aromatic N) is 6. The van der Waals surface area contributed by atoms with Crippen LogP contribution in [0.3, 0.4) is 0 Å². The molecule has 0 aromatic carbocycles. The molecule has 4 rings (SSSR count). The van der Waals surface area contributed by atoms with E-state index in [1.807, 2.05) is 12.4 Å². The van der Waals surface area contributed by atoms with E-state index in [0.29, 0.717) is 12.3 Å². The van der Waals surface area contributed by atoms with Gasteiger partial charge in [0.25, 0.3) is 0 Å². The van der Waals surface area contributed by atoms with Gasteiger partial charge in [0.05, 0.1) is 0 Å². The highest BCUT2D eigenvalue weighted by Crippen LogP contribution is 2.41. The molecular formula is C21H34N6O. The van der Waals surface area contributed by atoms with Crippen LogP contribution in [0.4, 0.5) is 11.6 Å². The van der Waals surface area contributed by atoms with Gasteiger partial charge in [-0.15, -0.1) is 0 Å². The van der Waals surface area contributed by atoms with Gasteiger partial charge in [0, 0.05) is 70.0 Å². The van der Waals surface area contributed by atoms with Gasteiger partial charge >= 0.3 is 0 Å². The van der Waals surface area contributed by atoms with E-state index < -0.39 is 0 Å². The molecule has 3 aliphatic heterocycles. The van der Waals surface area contributed by atoms with Crippen LogP contribution in [0.25, 0.3) is 0 Å². The summed E-state index contributed by atoms with van der Waals surface area (Å²) in [4.78, 5) is 31.0. The molecule has 0 bridgehead atoms. The van der Waals surface area contributed by atoms with Crippen LogP contribution in [0.1, 0.15) is 38.5 Å². The number of rotatable bonds is 5. The third kappa shape index (κ3) is 4.09. The van der Waals surface area contributed by atoms with Gasteiger partial charge in [-0.1, -0.05) is 0 Å². The second kappa shape index (κ2) is 8.23. The highest BCUT2D eigenvalue weighted by Gasteiger charge is 2.42. The number of likely N-dealkylation sites (tertiary alicyclic amines) is 1. The largest absolute Gasteiger partial charge is 0.354 e. The van der Waals surface area contributed by atoms with Crippen molar-refractivity contribution in [2.45, 2.75) is 38.5 Å². The Bertz CT molecular complexity index is 689. The lowest BCUT2D eigenvalue weighted by Gasteiger charge is -2.49. The quantitative estimate of drug-likeness (QED) is 0.770. The van der Waals surface area contributed by atoms with Crippen molar-refractivity contribution in [2.24, 2.45) is 5.41 Å². The Hall–Kier alpha value is -1.89. The van der Waals surface area contributed by atoms with Gasteiger partial charge in [0.1, 0.15) is 0 Å². The van der Waals surface area contributed by atoms with Crippen molar-refractivity contribution in [3.8, 4) is 0 Å². The van der Waals surface area contributed by atoms with E-state index in [1.54, 1.807) is 0 Å². The molecule has 0 saturated carbocycles. The molecule has 0 N–H and O–H groups in total. The van der Waals surface area contributed by atoms with Gasteiger partial charge in [-0.05, 0) is 46.2 Å². The predicted octanol–water partition coefficient (Wildman–Crippen LogP) is 1.85. The zero-order valence-corrected chi connectivity index (χ0v) is 17.4. The first kappa shape index (κ1) is 19.4. The third-order valence-corrected chi connectivity index (χ3v) is 6.59. The zero-order valence-electron chi connectivity index (χ0n) is 17.4. The molecule has 1 spiro atoms. The van der Waals surface area contributed by atoms with Crippen molar-refractivity contribution in [2.75, 3.05) is 69.7 Å². The first-order valence-electron chi connectivity index (χ1n) is 10.8. The summed E-state index contributed by atoms with van der Waals surface area (Å²) >= 11 is 0. The summed E-state index contributed by atoms with van der Waals surface area (Å²) < 4.78 is 0. The molecule has 3 aliphatic rings. The number of likely N-dealkylation sites (N-methyl/N-ethyl adjacent to an activating group) is 1. The lowest BCUT2D eigenvalue weighted by molar-refractivity contribution is -0.138. The maximum Gasteiger partial charge on any atom is 0.222 e. The number of piperidine rings is 2. The number of anilines is 2. The van der Waals surface area contributed by atoms with Crippen molar-refractivity contribution in [3.63, 3.8) is 0 Å². The zero-order chi connectivity index (χ0) is 19.6. The SMILES string of the molecule is CN(C)CCN1CC2(CCCN(c3nccnc3N3CCCC3)C2)CCC1=O. The van der Waals surface area contributed by atoms with E-state index in [4.69, 9.17) is 9.97 Å². The average Bonchev–Trinajstić information content (AvgIpc) is 3.24. The topological polar surface area (TPSA) is 55.8 Å². The van der Waals surface area contributed by atoms with Crippen LogP contribution in [-0.2, 0) is 4.79 Å². The monoisotopic (exact) mass is 386 g/mol. The van der Waals surface area contributed by atoms with Crippen LogP contribution in [0, 0.1) is 5.41 Å². The van der Waals surface area contributed by atoms with Gasteiger partial charge in [-0.2, -0.15) is 0 Å². The van der Waals surface area contributed by atoms with Crippen molar-refractivity contribution in [3.05, 3.63) is 12.4 Å². The number of aromatic nitrogens is 2. The van der Waals surface area contributed by atoms with Crippen LogP contribution in [0.15, 0.2) is 12.4 Å². The highest BCUT2D eigenvalue weighted by molar-refractivity contribution is 5.77. The fourth-order valence-electron chi connectivity index (χ4n) is 5.05. The van der Waals surface area contributed by atoms with E-state index in [9.17, 15) is 4.79 Å². The molecular weight excluding hydrogens is 352 g/mol. The fourth-order valence-corrected chi connectivity index (χ4v) is 5.05. The molecule has 7 nitrogen and oxygen atoms in total. The molecule has 1 unspecified atom stereocenters. The predicted molar refractivity (Wildman–Crippen MR) is 112 cm³/mol. The highest BCUT2D eigenvalue weighted by atomic mass is 16.2. The van der Waals surface area contributed by atoms with Gasteiger partial charge in [-0.25, -0.2) is 9.97 Å². The Labute approximate surface area is 168 Å². The molecule has 1 amide bonds. The van der Waals surface area contributed by atoms with Gasteiger partial charge in [0.15, 0.2) is 11.6 Å². The Morgan fingerprint density at radius 3 is 2.36 bits per heavy atom. The summed E-state index contributed by atoms with van der Waals surface area (Å²) in [6.45, 7) is 6.82. The van der Waals surface area contributed by atoms with E-state index in [-0.39, 0.29) is 5.41 Å². The number of hydrogen-bond donors (Lipinski definition) is 0. The van der Waals surface area contributed by atoms with E-state index in [2.05, 4.69) is 33.7 Å². The second-order valence-electron chi connectivity index (χ2n) is 9.04. The summed E-state index contributed by atoms with van der Waals surface area (Å²) in [6.07, 6.45) is 10.2. The first-order valence-corrected chi connectivity index (χ1v) is 10.8. The summed E-state index contributed by atoms with van der Waals surface area (Å²) in [6, 6.07) is 0. The van der Waals surface area contributed by atoms with Crippen molar-refractivity contribution in [1.82, 2.24) is 19.8 Å². The molecule has 3 saturated heterocycles. The minimum atomic E-state index is 0.193. The lowest BCUT2D eigenvalue weighted by atomic mass is 9.73. The molecule has 3 fully saturated rings. The smallest absolute Gasteiger partial charge is 0.222 e. The van der Waals surface area contributed by atoms with E-state index in [0.717, 1.165) is 70.3 Å². The Balaban J connectivity index is 1.51. The number of hydrogen-bond acceptors (Lipinski definition) is 6. The van der Waals surface area contributed by atoms with Gasteiger partial charge < -0.3 is 19.6 Å². The van der Waals surface area contributed by atoms with E-state index in [1.165, 1.54) is 19.3 Å². The standard InChI is InChI=1S/C21H34N6O/c1-24(2)14-15-26-16-21(8-6-18(26)28)7-5-13-27(17-21)20-19(22-9-10-23-20)25-11-3-4-12-25/h9-10H,3-8,11-17H2,1-2H3. The third-order valence-electron chi connectivity index (χ3n) is 6.59.